The number of hydrogen-bond acceptors (Lipinski definition) is 3. The lowest BCUT2D eigenvalue weighted by atomic mass is 10.2. The summed E-state index contributed by atoms with van der Waals surface area (Å²) in [5.41, 5.74) is 1.20. The SMILES string of the molecule is CN=C(NCc1ccc(-n2ccnc2C)c(F)c1)NC1CCN(c2c(F)cccc2F)C1. The molecule has 4 rings (SSSR count). The minimum Gasteiger partial charge on any atom is -0.365 e. The number of aromatic nitrogens is 2. The molecule has 1 aliphatic heterocycles. The first-order valence-electron chi connectivity index (χ1n) is 10.4. The monoisotopic (exact) mass is 442 g/mol. The first-order valence-corrected chi connectivity index (χ1v) is 10.4. The van der Waals surface area contributed by atoms with E-state index in [1.165, 1.54) is 24.3 Å². The Labute approximate surface area is 184 Å². The van der Waals surface area contributed by atoms with E-state index in [-0.39, 0.29) is 17.5 Å². The molecule has 9 heteroatoms. The van der Waals surface area contributed by atoms with Crippen molar-refractivity contribution in [2.45, 2.75) is 25.9 Å². The van der Waals surface area contributed by atoms with Crippen LogP contribution in [-0.4, -0.2) is 41.7 Å². The fourth-order valence-corrected chi connectivity index (χ4v) is 3.93. The summed E-state index contributed by atoms with van der Waals surface area (Å²) in [6.45, 7) is 3.17. The van der Waals surface area contributed by atoms with Crippen LogP contribution >= 0.6 is 0 Å². The molecule has 0 saturated carbocycles. The number of aliphatic imine (C=N–C) groups is 1. The maximum Gasteiger partial charge on any atom is 0.191 e. The van der Waals surface area contributed by atoms with E-state index in [1.54, 1.807) is 35.0 Å². The van der Waals surface area contributed by atoms with Gasteiger partial charge < -0.3 is 20.1 Å². The van der Waals surface area contributed by atoms with Gasteiger partial charge in [0.05, 0.1) is 5.69 Å². The first kappa shape index (κ1) is 21.7. The van der Waals surface area contributed by atoms with Gasteiger partial charge in [-0.1, -0.05) is 12.1 Å². The molecule has 0 spiro atoms. The van der Waals surface area contributed by atoms with Crippen LogP contribution in [-0.2, 0) is 6.54 Å². The molecule has 2 heterocycles. The van der Waals surface area contributed by atoms with Crippen LogP contribution in [0.25, 0.3) is 5.69 Å². The van der Waals surface area contributed by atoms with Crippen molar-refractivity contribution >= 4 is 11.6 Å². The van der Waals surface area contributed by atoms with Crippen LogP contribution in [0.4, 0.5) is 18.9 Å². The number of anilines is 1. The standard InChI is InChI=1S/C23H25F3N6/c1-15-28-9-11-32(15)21-7-6-16(12-20(21)26)13-29-23(27-2)30-17-8-10-31(14-17)22-18(24)4-3-5-19(22)25/h3-7,9,11-12,17H,8,10,13-14H2,1-2H3,(H2,27,29,30). The molecule has 1 saturated heterocycles. The molecule has 1 aromatic heterocycles. The number of guanidine groups is 1. The number of imidazole rings is 1. The predicted molar refractivity (Wildman–Crippen MR) is 119 cm³/mol. The van der Waals surface area contributed by atoms with Crippen LogP contribution in [0.5, 0.6) is 0 Å². The summed E-state index contributed by atoms with van der Waals surface area (Å²) in [6, 6.07) is 8.90. The number of para-hydroxylation sites is 1. The lowest BCUT2D eigenvalue weighted by molar-refractivity contribution is 0.575. The Morgan fingerprint density at radius 1 is 1.16 bits per heavy atom. The van der Waals surface area contributed by atoms with Gasteiger partial charge in [-0.15, -0.1) is 0 Å². The third-order valence-corrected chi connectivity index (χ3v) is 5.56. The van der Waals surface area contributed by atoms with E-state index in [9.17, 15) is 13.2 Å². The summed E-state index contributed by atoms with van der Waals surface area (Å²) >= 11 is 0. The maximum atomic E-state index is 14.6. The van der Waals surface area contributed by atoms with Gasteiger partial charge in [-0.2, -0.15) is 0 Å². The van der Waals surface area contributed by atoms with Gasteiger partial charge in [0.2, 0.25) is 0 Å². The Morgan fingerprint density at radius 3 is 2.59 bits per heavy atom. The number of halogens is 3. The van der Waals surface area contributed by atoms with Gasteiger partial charge in [0.1, 0.15) is 29.0 Å². The largest absolute Gasteiger partial charge is 0.365 e. The van der Waals surface area contributed by atoms with Crippen molar-refractivity contribution in [3.63, 3.8) is 0 Å². The molecule has 1 aliphatic rings. The van der Waals surface area contributed by atoms with Crippen LogP contribution in [0, 0.1) is 24.4 Å². The quantitative estimate of drug-likeness (QED) is 0.469. The molecule has 2 aromatic carbocycles. The van der Waals surface area contributed by atoms with Crippen molar-refractivity contribution in [2.75, 3.05) is 25.0 Å². The van der Waals surface area contributed by atoms with Gasteiger partial charge >= 0.3 is 0 Å². The van der Waals surface area contributed by atoms with Crippen molar-refractivity contribution in [1.29, 1.82) is 0 Å². The summed E-state index contributed by atoms with van der Waals surface area (Å²) in [6.07, 6.45) is 4.06. The molecule has 0 radical (unpaired) electrons. The normalized spacial score (nSPS) is 16.5. The number of benzene rings is 2. The second kappa shape index (κ2) is 9.33. The van der Waals surface area contributed by atoms with E-state index in [1.807, 2.05) is 13.0 Å². The molecule has 3 aromatic rings. The molecule has 168 valence electrons. The van der Waals surface area contributed by atoms with Crippen molar-refractivity contribution in [1.82, 2.24) is 20.2 Å². The van der Waals surface area contributed by atoms with Gasteiger partial charge in [0.15, 0.2) is 5.96 Å². The Morgan fingerprint density at radius 2 is 1.94 bits per heavy atom. The highest BCUT2D eigenvalue weighted by atomic mass is 19.1. The number of aryl methyl sites for hydroxylation is 1. The zero-order chi connectivity index (χ0) is 22.7. The number of nitrogens with zero attached hydrogens (tertiary/aromatic N) is 4. The molecule has 1 atom stereocenters. The van der Waals surface area contributed by atoms with E-state index in [4.69, 9.17) is 0 Å². The lowest BCUT2D eigenvalue weighted by Crippen LogP contribution is -2.44. The summed E-state index contributed by atoms with van der Waals surface area (Å²) in [7, 11) is 1.64. The zero-order valence-electron chi connectivity index (χ0n) is 17.9. The second-order valence-corrected chi connectivity index (χ2v) is 7.70. The third-order valence-electron chi connectivity index (χ3n) is 5.56. The lowest BCUT2D eigenvalue weighted by Gasteiger charge is -2.21. The number of hydrogen-bond donors (Lipinski definition) is 2. The van der Waals surface area contributed by atoms with E-state index in [2.05, 4.69) is 20.6 Å². The van der Waals surface area contributed by atoms with Crippen LogP contribution in [0.2, 0.25) is 0 Å². The van der Waals surface area contributed by atoms with Gasteiger partial charge in [-0.25, -0.2) is 18.2 Å². The summed E-state index contributed by atoms with van der Waals surface area (Å²) in [5.74, 6) is -0.221. The van der Waals surface area contributed by atoms with Crippen molar-refractivity contribution < 1.29 is 13.2 Å². The Balaban J connectivity index is 1.35. The van der Waals surface area contributed by atoms with E-state index in [0.29, 0.717) is 43.5 Å². The average Bonchev–Trinajstić information content (AvgIpc) is 3.40. The maximum absolute atomic E-state index is 14.6. The Kier molecular flexibility index (Phi) is 6.34. The van der Waals surface area contributed by atoms with Gasteiger partial charge in [0.25, 0.3) is 0 Å². The molecule has 6 nitrogen and oxygen atoms in total. The van der Waals surface area contributed by atoms with Crippen molar-refractivity contribution in [2.24, 2.45) is 4.99 Å². The highest BCUT2D eigenvalue weighted by Gasteiger charge is 2.27. The fraction of sp³-hybridized carbons (Fsp3) is 0.304. The zero-order valence-corrected chi connectivity index (χ0v) is 17.9. The van der Waals surface area contributed by atoms with E-state index >= 15 is 0 Å². The minimum absolute atomic E-state index is 0.00319. The van der Waals surface area contributed by atoms with Gasteiger partial charge in [0, 0.05) is 45.1 Å². The predicted octanol–water partition coefficient (Wildman–Crippen LogP) is 3.54. The topological polar surface area (TPSA) is 57.5 Å². The number of rotatable bonds is 5. The van der Waals surface area contributed by atoms with Crippen LogP contribution in [0.3, 0.4) is 0 Å². The smallest absolute Gasteiger partial charge is 0.191 e. The fourth-order valence-electron chi connectivity index (χ4n) is 3.93. The molecule has 2 N–H and O–H groups in total. The molecular formula is C23H25F3N6. The molecule has 0 aliphatic carbocycles. The summed E-state index contributed by atoms with van der Waals surface area (Å²) in [4.78, 5) is 10.0. The van der Waals surface area contributed by atoms with Crippen molar-refractivity contribution in [3.8, 4) is 5.69 Å². The molecule has 1 unspecified atom stereocenters. The Hall–Kier alpha value is -3.49. The second-order valence-electron chi connectivity index (χ2n) is 7.70. The minimum atomic E-state index is -0.565. The highest BCUT2D eigenvalue weighted by Crippen LogP contribution is 2.26. The summed E-state index contributed by atoms with van der Waals surface area (Å²) < 4.78 is 44.4. The molecule has 0 bridgehead atoms. The highest BCUT2D eigenvalue weighted by molar-refractivity contribution is 5.80. The van der Waals surface area contributed by atoms with Crippen LogP contribution in [0.1, 0.15) is 17.8 Å². The number of nitrogens with one attached hydrogen (secondary N) is 2. The molecule has 32 heavy (non-hydrogen) atoms. The average molecular weight is 442 g/mol. The van der Waals surface area contributed by atoms with Crippen LogP contribution < -0.4 is 15.5 Å². The van der Waals surface area contributed by atoms with Crippen molar-refractivity contribution in [3.05, 3.63) is 77.6 Å². The van der Waals surface area contributed by atoms with Gasteiger partial charge in [-0.05, 0) is 43.2 Å². The van der Waals surface area contributed by atoms with Gasteiger partial charge in [-0.3, -0.25) is 4.99 Å². The molecular weight excluding hydrogens is 417 g/mol. The first-order chi connectivity index (χ1) is 15.5. The third kappa shape index (κ3) is 4.56. The van der Waals surface area contributed by atoms with Crippen LogP contribution in [0.15, 0.2) is 53.8 Å². The Bertz CT molecular complexity index is 1110. The summed E-state index contributed by atoms with van der Waals surface area (Å²) in [5, 5.41) is 6.45. The van der Waals surface area contributed by atoms with E-state index in [0.717, 1.165) is 5.56 Å². The van der Waals surface area contributed by atoms with E-state index < -0.39 is 11.6 Å². The molecule has 1 fully saturated rings. The molecule has 0 amide bonds.